The molecule has 0 aliphatic rings. The number of nitro benzene ring substituents is 1. The van der Waals surface area contributed by atoms with E-state index in [-0.39, 0.29) is 24.7 Å². The van der Waals surface area contributed by atoms with Crippen LogP contribution in [0.5, 0.6) is 11.5 Å². The second-order valence-corrected chi connectivity index (χ2v) is 6.41. The maximum atomic E-state index is 13.3. The van der Waals surface area contributed by atoms with Crippen LogP contribution in [0, 0.1) is 10.1 Å². The molecule has 0 bridgehead atoms. The highest BCUT2D eigenvalue weighted by molar-refractivity contribution is 6.14. The fourth-order valence-electron chi connectivity index (χ4n) is 2.90. The van der Waals surface area contributed by atoms with Gasteiger partial charge in [0.25, 0.3) is 5.69 Å². The van der Waals surface area contributed by atoms with Gasteiger partial charge in [-0.15, -0.1) is 5.10 Å². The van der Waals surface area contributed by atoms with Crippen LogP contribution in [0.4, 0.5) is 5.69 Å². The Balaban J connectivity index is 2.07. The number of carbonyl (C=O) groups is 2. The number of hydrogen-bond acceptors (Lipinski definition) is 9. The molecule has 0 unspecified atom stereocenters. The first-order chi connectivity index (χ1) is 15.3. The molecule has 3 rings (SSSR count). The quantitative estimate of drug-likeness (QED) is 0.214. The van der Waals surface area contributed by atoms with Crippen LogP contribution in [0.2, 0.25) is 0 Å². The van der Waals surface area contributed by atoms with Gasteiger partial charge in [-0.05, 0) is 29.8 Å². The van der Waals surface area contributed by atoms with Gasteiger partial charge in [0.15, 0.2) is 6.79 Å². The van der Waals surface area contributed by atoms with Crippen LogP contribution < -0.4 is 9.47 Å². The average molecular weight is 442 g/mol. The second kappa shape index (κ2) is 9.66. The topological polar surface area (TPSA) is 156 Å². The van der Waals surface area contributed by atoms with E-state index in [2.05, 4.69) is 10.3 Å². The van der Waals surface area contributed by atoms with E-state index in [1.807, 2.05) is 0 Å². The van der Waals surface area contributed by atoms with Crippen molar-refractivity contribution in [2.75, 3.05) is 21.0 Å². The van der Waals surface area contributed by atoms with Crippen LogP contribution >= 0.6 is 0 Å². The van der Waals surface area contributed by atoms with Crippen molar-refractivity contribution in [3.63, 3.8) is 0 Å². The molecule has 0 spiro atoms. The predicted molar refractivity (Wildman–Crippen MR) is 108 cm³/mol. The number of nitrogens with zero attached hydrogens (tertiary/aromatic N) is 4. The van der Waals surface area contributed by atoms with Crippen molar-refractivity contribution >= 4 is 17.4 Å². The molecule has 0 radical (unpaired) electrons. The summed E-state index contributed by atoms with van der Waals surface area (Å²) in [6.07, 6.45) is 0. The van der Waals surface area contributed by atoms with Gasteiger partial charge in [0.1, 0.15) is 22.8 Å². The highest BCUT2D eigenvalue weighted by Crippen LogP contribution is 2.28. The van der Waals surface area contributed by atoms with E-state index in [4.69, 9.17) is 14.2 Å². The zero-order chi connectivity index (χ0) is 23.3. The smallest absolute Gasteiger partial charge is 0.358 e. The lowest BCUT2D eigenvalue weighted by Crippen LogP contribution is -2.17. The van der Waals surface area contributed by atoms with Crippen molar-refractivity contribution in [2.45, 2.75) is 6.54 Å². The van der Waals surface area contributed by atoms with E-state index in [9.17, 15) is 24.8 Å². The molecule has 1 heterocycles. The predicted octanol–water partition coefficient (Wildman–Crippen LogP) is 2.16. The van der Waals surface area contributed by atoms with Crippen molar-refractivity contribution in [3.05, 3.63) is 75.1 Å². The summed E-state index contributed by atoms with van der Waals surface area (Å²) in [5.41, 5.74) is -1.24. The average Bonchev–Trinajstić information content (AvgIpc) is 3.21. The molecule has 32 heavy (non-hydrogen) atoms. The van der Waals surface area contributed by atoms with Gasteiger partial charge in [-0.25, -0.2) is 9.48 Å². The molecule has 1 aromatic heterocycles. The molecule has 3 aromatic rings. The van der Waals surface area contributed by atoms with Crippen LogP contribution in [-0.2, 0) is 11.3 Å². The molecule has 0 amide bonds. The molecule has 2 aromatic carbocycles. The monoisotopic (exact) mass is 442 g/mol. The third-order valence-electron chi connectivity index (χ3n) is 4.40. The van der Waals surface area contributed by atoms with Crippen molar-refractivity contribution in [2.24, 2.45) is 0 Å². The van der Waals surface area contributed by atoms with Gasteiger partial charge >= 0.3 is 5.97 Å². The summed E-state index contributed by atoms with van der Waals surface area (Å²) in [4.78, 5) is 35.7. The number of carbonyl (C=O) groups excluding carboxylic acids is 1. The van der Waals surface area contributed by atoms with Gasteiger partial charge in [0.2, 0.25) is 11.5 Å². The van der Waals surface area contributed by atoms with Crippen molar-refractivity contribution in [1.82, 2.24) is 15.0 Å². The van der Waals surface area contributed by atoms with Gasteiger partial charge in [0.05, 0.1) is 18.6 Å². The summed E-state index contributed by atoms with van der Waals surface area (Å²) in [5, 5.41) is 28.4. The number of carboxylic acids is 1. The molecular weight excluding hydrogens is 424 g/mol. The summed E-state index contributed by atoms with van der Waals surface area (Å²) < 4.78 is 16.2. The number of carboxylic acid groups (broad SMARTS) is 1. The molecule has 12 nitrogen and oxygen atoms in total. The van der Waals surface area contributed by atoms with Gasteiger partial charge in [-0.3, -0.25) is 14.9 Å². The number of ketones is 1. The fraction of sp³-hybridized carbons (Fsp3) is 0.200. The lowest BCUT2D eigenvalue weighted by atomic mass is 10.0. The maximum absolute atomic E-state index is 13.3. The zero-order valence-electron chi connectivity index (χ0n) is 17.0. The second-order valence-electron chi connectivity index (χ2n) is 6.41. The van der Waals surface area contributed by atoms with Gasteiger partial charge in [-0.1, -0.05) is 17.3 Å². The Morgan fingerprint density at radius 1 is 1.12 bits per heavy atom. The third kappa shape index (κ3) is 4.70. The van der Waals surface area contributed by atoms with Gasteiger partial charge < -0.3 is 19.3 Å². The number of nitro groups is 1. The number of aromatic nitrogens is 3. The third-order valence-corrected chi connectivity index (χ3v) is 4.40. The molecule has 1 N–H and O–H groups in total. The van der Waals surface area contributed by atoms with E-state index < -0.39 is 33.8 Å². The Morgan fingerprint density at radius 2 is 1.81 bits per heavy atom. The number of benzene rings is 2. The first kappa shape index (κ1) is 22.4. The van der Waals surface area contributed by atoms with Gasteiger partial charge in [0, 0.05) is 13.2 Å². The zero-order valence-corrected chi connectivity index (χ0v) is 17.0. The first-order valence-electron chi connectivity index (χ1n) is 9.10. The minimum absolute atomic E-state index is 0.000981. The molecule has 0 saturated carbocycles. The van der Waals surface area contributed by atoms with Crippen LogP contribution in [0.25, 0.3) is 0 Å². The molecule has 0 aliphatic heterocycles. The Kier molecular flexibility index (Phi) is 6.75. The summed E-state index contributed by atoms with van der Waals surface area (Å²) >= 11 is 0. The number of methoxy groups -OCH3 is 2. The molecule has 0 saturated heterocycles. The molecule has 166 valence electrons. The Hall–Kier alpha value is -4.32. The van der Waals surface area contributed by atoms with Crippen molar-refractivity contribution in [3.8, 4) is 11.5 Å². The summed E-state index contributed by atoms with van der Waals surface area (Å²) in [7, 11) is 2.90. The molecule has 12 heteroatoms. The van der Waals surface area contributed by atoms with Crippen LogP contribution in [0.15, 0.2) is 42.5 Å². The number of rotatable bonds is 10. The molecule has 0 atom stereocenters. The summed E-state index contributed by atoms with van der Waals surface area (Å²) in [6, 6.07) is 10.3. The van der Waals surface area contributed by atoms with Crippen LogP contribution in [0.3, 0.4) is 0 Å². The van der Waals surface area contributed by atoms with Crippen molar-refractivity contribution in [1.29, 1.82) is 0 Å². The lowest BCUT2D eigenvalue weighted by Gasteiger charge is -2.10. The van der Waals surface area contributed by atoms with E-state index in [0.29, 0.717) is 11.3 Å². The Bertz CT molecular complexity index is 1160. The molecular formula is C20H18N4O8. The number of ether oxygens (including phenoxy) is 3. The Morgan fingerprint density at radius 3 is 2.41 bits per heavy atom. The first-order valence-corrected chi connectivity index (χ1v) is 9.10. The SMILES string of the molecule is COCOc1ccc([N+](=O)[O-])c(C(=O)c2c(C(=O)O)nnn2Cc2ccc(OC)cc2)c1. The van der Waals surface area contributed by atoms with E-state index >= 15 is 0 Å². The van der Waals surface area contributed by atoms with E-state index in [1.165, 1.54) is 20.3 Å². The summed E-state index contributed by atoms with van der Waals surface area (Å²) in [6.45, 7) is -0.151. The largest absolute Gasteiger partial charge is 0.497 e. The van der Waals surface area contributed by atoms with Gasteiger partial charge in [-0.2, -0.15) is 0 Å². The number of hydrogen-bond donors (Lipinski definition) is 1. The fourth-order valence-corrected chi connectivity index (χ4v) is 2.90. The van der Waals surface area contributed by atoms with E-state index in [1.54, 1.807) is 24.3 Å². The summed E-state index contributed by atoms with van der Waals surface area (Å²) in [5.74, 6) is -1.69. The number of aromatic carboxylic acids is 1. The van der Waals surface area contributed by atoms with E-state index in [0.717, 1.165) is 16.8 Å². The molecule has 0 aliphatic carbocycles. The highest BCUT2D eigenvalue weighted by atomic mass is 16.7. The van der Waals surface area contributed by atoms with Crippen molar-refractivity contribution < 1.29 is 33.8 Å². The maximum Gasteiger partial charge on any atom is 0.358 e. The minimum Gasteiger partial charge on any atom is -0.497 e. The lowest BCUT2D eigenvalue weighted by molar-refractivity contribution is -0.385. The van der Waals surface area contributed by atoms with Crippen LogP contribution in [-0.4, -0.2) is 57.8 Å². The minimum atomic E-state index is -1.50. The Labute approximate surface area is 181 Å². The normalized spacial score (nSPS) is 10.6. The molecule has 0 fully saturated rings. The van der Waals surface area contributed by atoms with Crippen LogP contribution in [0.1, 0.15) is 32.1 Å². The highest BCUT2D eigenvalue weighted by Gasteiger charge is 2.31. The standard InChI is InChI=1S/C20H18N4O8/c1-30-11-32-14-7-8-16(24(28)29)15(9-14)19(25)18-17(20(26)27)21-22-23(18)10-12-3-5-13(31-2)6-4-12/h3-9H,10-11H2,1-2H3,(H,26,27).